The van der Waals surface area contributed by atoms with E-state index >= 15 is 0 Å². The van der Waals surface area contributed by atoms with E-state index in [4.69, 9.17) is 10.5 Å². The molecule has 4 heteroatoms. The Bertz CT molecular complexity index is 496. The first kappa shape index (κ1) is 14.4. The molecule has 0 spiro atoms. The average molecular weight is 287 g/mol. The van der Waals surface area contributed by atoms with Gasteiger partial charge in [0.2, 0.25) is 0 Å². The molecule has 1 fully saturated rings. The number of aliphatic imine (C=N–C) groups is 1. The van der Waals surface area contributed by atoms with Crippen LogP contribution < -0.4 is 11.1 Å². The van der Waals surface area contributed by atoms with Gasteiger partial charge in [-0.25, -0.2) is 0 Å². The first-order chi connectivity index (χ1) is 10.1. The smallest absolute Gasteiger partial charge is 0.188 e. The molecule has 3 rings (SSSR count). The highest BCUT2D eigenvalue weighted by atomic mass is 16.5. The number of guanidine groups is 1. The molecule has 0 aromatic heterocycles. The number of nitrogens with zero attached hydrogens (tertiary/aromatic N) is 1. The lowest BCUT2D eigenvalue weighted by molar-refractivity contribution is 0.114. The Kier molecular flexibility index (Phi) is 4.15. The van der Waals surface area contributed by atoms with E-state index in [1.54, 1.807) is 0 Å². The highest BCUT2D eigenvalue weighted by Gasteiger charge is 2.32. The highest BCUT2D eigenvalue weighted by Crippen LogP contribution is 2.36. The van der Waals surface area contributed by atoms with Crippen LogP contribution in [0, 0.1) is 5.41 Å². The molecule has 2 aliphatic rings. The van der Waals surface area contributed by atoms with Gasteiger partial charge in [-0.15, -0.1) is 0 Å². The van der Waals surface area contributed by atoms with Crippen molar-refractivity contribution in [1.82, 2.24) is 5.32 Å². The number of ether oxygens (including phenoxy) is 1. The molecule has 1 atom stereocenters. The maximum absolute atomic E-state index is 5.98. The van der Waals surface area contributed by atoms with Gasteiger partial charge in [0, 0.05) is 19.7 Å². The third-order valence-electron chi connectivity index (χ3n) is 4.52. The molecular formula is C17H25N3O. The topological polar surface area (TPSA) is 59.6 Å². The summed E-state index contributed by atoms with van der Waals surface area (Å²) in [4.78, 5) is 4.55. The van der Waals surface area contributed by atoms with Crippen LogP contribution in [-0.2, 0) is 17.6 Å². The maximum Gasteiger partial charge on any atom is 0.188 e. The maximum atomic E-state index is 5.98. The minimum absolute atomic E-state index is 0.194. The van der Waals surface area contributed by atoms with E-state index in [0.717, 1.165) is 45.4 Å². The molecule has 1 unspecified atom stereocenters. The molecule has 1 aliphatic carbocycles. The van der Waals surface area contributed by atoms with E-state index in [0.29, 0.717) is 12.1 Å². The molecule has 1 heterocycles. The van der Waals surface area contributed by atoms with Crippen molar-refractivity contribution in [1.29, 1.82) is 0 Å². The van der Waals surface area contributed by atoms with Crippen LogP contribution in [0.2, 0.25) is 0 Å². The van der Waals surface area contributed by atoms with Gasteiger partial charge in [-0.3, -0.25) is 4.99 Å². The second-order valence-electron chi connectivity index (χ2n) is 6.65. The number of hydrogen-bond donors (Lipinski definition) is 2. The normalized spacial score (nSPS) is 24.0. The van der Waals surface area contributed by atoms with Crippen molar-refractivity contribution < 1.29 is 4.74 Å². The summed E-state index contributed by atoms with van der Waals surface area (Å²) in [5, 5.41) is 3.19. The molecule has 1 saturated heterocycles. The quantitative estimate of drug-likeness (QED) is 0.656. The van der Waals surface area contributed by atoms with Crippen LogP contribution in [0.3, 0.4) is 0 Å². The van der Waals surface area contributed by atoms with Crippen molar-refractivity contribution in [2.24, 2.45) is 16.1 Å². The van der Waals surface area contributed by atoms with Crippen molar-refractivity contribution in [2.45, 2.75) is 38.7 Å². The molecule has 1 aromatic rings. The number of nitrogens with one attached hydrogen (secondary N) is 1. The zero-order valence-corrected chi connectivity index (χ0v) is 12.8. The summed E-state index contributed by atoms with van der Waals surface area (Å²) in [6.45, 7) is 4.71. The Labute approximate surface area is 126 Å². The second kappa shape index (κ2) is 6.06. The molecular weight excluding hydrogens is 262 g/mol. The number of rotatable bonds is 4. The number of benzene rings is 1. The number of hydrogen-bond acceptors (Lipinski definition) is 2. The minimum Gasteiger partial charge on any atom is -0.376 e. The second-order valence-corrected chi connectivity index (χ2v) is 6.65. The van der Waals surface area contributed by atoms with Crippen molar-refractivity contribution in [3.8, 4) is 0 Å². The largest absolute Gasteiger partial charge is 0.376 e. The summed E-state index contributed by atoms with van der Waals surface area (Å²) in [6.07, 6.45) is 4.75. The molecule has 1 aromatic carbocycles. The fourth-order valence-corrected chi connectivity index (χ4v) is 3.35. The minimum atomic E-state index is 0.194. The van der Waals surface area contributed by atoms with Crippen LogP contribution in [0.4, 0.5) is 0 Å². The third-order valence-corrected chi connectivity index (χ3v) is 4.52. The zero-order valence-electron chi connectivity index (χ0n) is 12.8. The summed E-state index contributed by atoms with van der Waals surface area (Å²) < 4.78 is 5.57. The van der Waals surface area contributed by atoms with E-state index in [9.17, 15) is 0 Å². The summed E-state index contributed by atoms with van der Waals surface area (Å²) in [6, 6.07) is 8.68. The van der Waals surface area contributed by atoms with Gasteiger partial charge in [0.05, 0.1) is 6.10 Å². The van der Waals surface area contributed by atoms with Gasteiger partial charge in [0.15, 0.2) is 5.96 Å². The predicted octanol–water partition coefficient (Wildman–Crippen LogP) is 1.87. The van der Waals surface area contributed by atoms with Crippen LogP contribution >= 0.6 is 0 Å². The lowest BCUT2D eigenvalue weighted by Gasteiger charge is -2.21. The summed E-state index contributed by atoms with van der Waals surface area (Å²) in [7, 11) is 0. The summed E-state index contributed by atoms with van der Waals surface area (Å²) >= 11 is 0. The van der Waals surface area contributed by atoms with Crippen LogP contribution in [-0.4, -0.2) is 31.8 Å². The lowest BCUT2D eigenvalue weighted by atomic mass is 9.87. The molecule has 114 valence electrons. The van der Waals surface area contributed by atoms with Crippen molar-refractivity contribution >= 4 is 5.96 Å². The van der Waals surface area contributed by atoms with Gasteiger partial charge < -0.3 is 15.8 Å². The average Bonchev–Trinajstić information content (AvgIpc) is 3.09. The van der Waals surface area contributed by atoms with Gasteiger partial charge in [-0.2, -0.15) is 0 Å². The van der Waals surface area contributed by atoms with Crippen LogP contribution in [0.5, 0.6) is 0 Å². The molecule has 21 heavy (non-hydrogen) atoms. The molecule has 1 aliphatic heterocycles. The van der Waals surface area contributed by atoms with Gasteiger partial charge in [0.25, 0.3) is 0 Å². The molecule has 3 N–H and O–H groups in total. The lowest BCUT2D eigenvalue weighted by Crippen LogP contribution is -2.38. The fraction of sp³-hybridized carbons (Fsp3) is 0.588. The van der Waals surface area contributed by atoms with Crippen LogP contribution in [0.1, 0.15) is 30.9 Å². The monoisotopic (exact) mass is 287 g/mol. The zero-order chi connectivity index (χ0) is 14.7. The fourth-order valence-electron chi connectivity index (χ4n) is 3.35. The summed E-state index contributed by atoms with van der Waals surface area (Å²) in [5.74, 6) is 0.544. The predicted molar refractivity (Wildman–Crippen MR) is 85.4 cm³/mol. The third kappa shape index (κ3) is 3.56. The SMILES string of the molecule is CC1(CN=C(N)NCC2CCCO2)Cc2ccccc2C1. The Morgan fingerprint density at radius 2 is 2.10 bits per heavy atom. The van der Waals surface area contributed by atoms with Crippen LogP contribution in [0.25, 0.3) is 0 Å². The number of nitrogens with two attached hydrogens (primary N) is 1. The van der Waals surface area contributed by atoms with E-state index in [1.807, 2.05) is 0 Å². The summed E-state index contributed by atoms with van der Waals surface area (Å²) in [5.41, 5.74) is 9.09. The first-order valence-corrected chi connectivity index (χ1v) is 7.87. The van der Waals surface area contributed by atoms with E-state index in [1.165, 1.54) is 11.1 Å². The van der Waals surface area contributed by atoms with Gasteiger partial charge in [0.1, 0.15) is 0 Å². The Morgan fingerprint density at radius 3 is 2.71 bits per heavy atom. The van der Waals surface area contributed by atoms with Crippen molar-refractivity contribution in [3.05, 3.63) is 35.4 Å². The van der Waals surface area contributed by atoms with E-state index < -0.39 is 0 Å². The molecule has 0 bridgehead atoms. The highest BCUT2D eigenvalue weighted by molar-refractivity contribution is 5.77. The van der Waals surface area contributed by atoms with Crippen molar-refractivity contribution in [2.75, 3.05) is 19.7 Å². The Balaban J connectivity index is 1.51. The standard InChI is InChI=1S/C17H25N3O/c1-17(9-13-5-2-3-6-14(13)10-17)12-20-16(18)19-11-15-7-4-8-21-15/h2-3,5-6,15H,4,7-12H2,1H3,(H3,18,19,20). The van der Waals surface area contributed by atoms with Crippen molar-refractivity contribution in [3.63, 3.8) is 0 Å². The number of fused-ring (bicyclic) bond motifs is 1. The van der Waals surface area contributed by atoms with Gasteiger partial charge >= 0.3 is 0 Å². The van der Waals surface area contributed by atoms with Gasteiger partial charge in [-0.05, 0) is 42.2 Å². The van der Waals surface area contributed by atoms with Gasteiger partial charge in [-0.1, -0.05) is 31.2 Å². The molecule has 0 saturated carbocycles. The van der Waals surface area contributed by atoms with E-state index in [-0.39, 0.29) is 5.41 Å². The Hall–Kier alpha value is -1.55. The molecule has 0 radical (unpaired) electrons. The molecule has 4 nitrogen and oxygen atoms in total. The van der Waals surface area contributed by atoms with E-state index in [2.05, 4.69) is 41.5 Å². The first-order valence-electron chi connectivity index (χ1n) is 7.87. The Morgan fingerprint density at radius 1 is 1.38 bits per heavy atom. The van der Waals surface area contributed by atoms with Crippen LogP contribution in [0.15, 0.2) is 29.3 Å². The molecule has 0 amide bonds.